The minimum atomic E-state index is 0.747. The third kappa shape index (κ3) is 3.24. The summed E-state index contributed by atoms with van der Waals surface area (Å²) in [6.07, 6.45) is 3.70. The smallest absolute Gasteiger partial charge is 0.211 e. The Hall–Kier alpha value is -0.860. The molecule has 8 heteroatoms. The molecule has 0 saturated heterocycles. The standard InChI is InChI=1S/C12H12Br2N4OS/c1-7-16-17-12(20-3)18(7)15-6-8-4-9(13)11(19-2)10(14)5-8/h4-6H,1-3H3/b15-6-. The van der Waals surface area contributed by atoms with Crippen LogP contribution >= 0.6 is 43.6 Å². The maximum absolute atomic E-state index is 5.27. The zero-order valence-electron chi connectivity index (χ0n) is 11.1. The Labute approximate surface area is 138 Å². The van der Waals surface area contributed by atoms with E-state index in [1.54, 1.807) is 18.0 Å². The molecule has 1 aromatic heterocycles. The molecule has 0 spiro atoms. The summed E-state index contributed by atoms with van der Waals surface area (Å²) >= 11 is 8.44. The topological polar surface area (TPSA) is 52.3 Å². The highest BCUT2D eigenvalue weighted by Crippen LogP contribution is 2.33. The summed E-state index contributed by atoms with van der Waals surface area (Å²) in [7, 11) is 1.63. The van der Waals surface area contributed by atoms with Gasteiger partial charge in [-0.3, -0.25) is 0 Å². The molecule has 2 aromatic rings. The van der Waals surface area contributed by atoms with Crippen molar-refractivity contribution in [2.24, 2.45) is 5.10 Å². The second-order valence-corrected chi connectivity index (χ2v) is 6.29. The number of benzene rings is 1. The lowest BCUT2D eigenvalue weighted by molar-refractivity contribution is 0.409. The third-order valence-corrected chi connectivity index (χ3v) is 4.30. The minimum absolute atomic E-state index is 0.747. The van der Waals surface area contributed by atoms with Gasteiger partial charge < -0.3 is 4.74 Å². The molecule has 0 radical (unpaired) electrons. The van der Waals surface area contributed by atoms with Crippen molar-refractivity contribution in [3.05, 3.63) is 32.5 Å². The summed E-state index contributed by atoms with van der Waals surface area (Å²) < 4.78 is 8.70. The van der Waals surface area contributed by atoms with Crippen LogP contribution in [0, 0.1) is 6.92 Å². The summed E-state index contributed by atoms with van der Waals surface area (Å²) in [6.45, 7) is 1.86. The van der Waals surface area contributed by atoms with Gasteiger partial charge in [0.05, 0.1) is 22.3 Å². The summed E-state index contributed by atoms with van der Waals surface area (Å²) in [5.74, 6) is 1.50. The van der Waals surface area contributed by atoms with Crippen molar-refractivity contribution in [3.63, 3.8) is 0 Å². The lowest BCUT2D eigenvalue weighted by atomic mass is 10.2. The molecular formula is C12H12Br2N4OS. The lowest BCUT2D eigenvalue weighted by Gasteiger charge is -2.07. The van der Waals surface area contributed by atoms with Gasteiger partial charge >= 0.3 is 0 Å². The quantitative estimate of drug-likeness (QED) is 0.559. The molecule has 0 aliphatic carbocycles. The first kappa shape index (κ1) is 15.5. The summed E-state index contributed by atoms with van der Waals surface area (Å²) in [5, 5.41) is 13.2. The number of rotatable bonds is 4. The first-order valence-electron chi connectivity index (χ1n) is 5.60. The van der Waals surface area contributed by atoms with Crippen LogP contribution in [-0.2, 0) is 0 Å². The maximum atomic E-state index is 5.27. The monoisotopic (exact) mass is 418 g/mol. The first-order chi connectivity index (χ1) is 9.56. The number of methoxy groups -OCH3 is 1. The van der Waals surface area contributed by atoms with Crippen molar-refractivity contribution in [2.45, 2.75) is 12.1 Å². The molecule has 0 saturated carbocycles. The van der Waals surface area contributed by atoms with Crippen LogP contribution in [0.5, 0.6) is 5.75 Å². The van der Waals surface area contributed by atoms with Gasteiger partial charge in [-0.05, 0) is 62.7 Å². The van der Waals surface area contributed by atoms with Crippen LogP contribution in [0.1, 0.15) is 11.4 Å². The molecule has 106 valence electrons. The normalized spacial score (nSPS) is 11.2. The molecule has 0 fully saturated rings. The average Bonchev–Trinajstić information content (AvgIpc) is 2.76. The third-order valence-electron chi connectivity index (χ3n) is 2.50. The van der Waals surface area contributed by atoms with Crippen LogP contribution in [0.4, 0.5) is 0 Å². The van der Waals surface area contributed by atoms with E-state index in [4.69, 9.17) is 4.74 Å². The van der Waals surface area contributed by atoms with Gasteiger partial charge in [0.25, 0.3) is 0 Å². The molecule has 1 aromatic carbocycles. The summed E-state index contributed by atoms with van der Waals surface area (Å²) in [5.41, 5.74) is 0.935. The van der Waals surface area contributed by atoms with Crippen molar-refractivity contribution in [2.75, 3.05) is 13.4 Å². The van der Waals surface area contributed by atoms with Gasteiger partial charge in [-0.15, -0.1) is 10.2 Å². The number of hydrogen-bond donors (Lipinski definition) is 0. The van der Waals surface area contributed by atoms with E-state index in [2.05, 4.69) is 47.2 Å². The van der Waals surface area contributed by atoms with Crippen molar-refractivity contribution >= 4 is 49.8 Å². The molecule has 0 N–H and O–H groups in total. The Morgan fingerprint density at radius 3 is 2.50 bits per heavy atom. The Balaban J connectivity index is 2.34. The predicted octanol–water partition coefficient (Wildman–Crippen LogP) is 3.72. The fraction of sp³-hybridized carbons (Fsp3) is 0.250. The minimum Gasteiger partial charge on any atom is -0.494 e. The molecular weight excluding hydrogens is 408 g/mol. The SMILES string of the molecule is COc1c(Br)cc(/C=N\n2c(C)nnc2SC)cc1Br. The molecule has 5 nitrogen and oxygen atoms in total. The van der Waals surface area contributed by atoms with E-state index >= 15 is 0 Å². The van der Waals surface area contributed by atoms with Gasteiger partial charge in [0.1, 0.15) is 5.75 Å². The summed E-state index contributed by atoms with van der Waals surface area (Å²) in [4.78, 5) is 0. The first-order valence-corrected chi connectivity index (χ1v) is 8.41. The van der Waals surface area contributed by atoms with E-state index in [0.29, 0.717) is 0 Å². The fourth-order valence-electron chi connectivity index (χ4n) is 1.57. The molecule has 2 rings (SSSR count). The van der Waals surface area contributed by atoms with Gasteiger partial charge in [-0.1, -0.05) is 11.8 Å². The van der Waals surface area contributed by atoms with E-state index in [9.17, 15) is 0 Å². The van der Waals surface area contributed by atoms with Gasteiger partial charge in [-0.2, -0.15) is 9.78 Å². The number of nitrogens with zero attached hydrogens (tertiary/aromatic N) is 4. The molecule has 0 atom stereocenters. The van der Waals surface area contributed by atoms with Crippen LogP contribution in [0.25, 0.3) is 0 Å². The largest absolute Gasteiger partial charge is 0.494 e. The van der Waals surface area contributed by atoms with Crippen LogP contribution in [0.15, 0.2) is 31.3 Å². The maximum Gasteiger partial charge on any atom is 0.211 e. The van der Waals surface area contributed by atoms with Gasteiger partial charge in [0.15, 0.2) is 5.82 Å². The zero-order chi connectivity index (χ0) is 14.7. The number of hydrogen-bond acceptors (Lipinski definition) is 5. The molecule has 0 unspecified atom stereocenters. The van der Waals surface area contributed by atoms with E-state index in [0.717, 1.165) is 31.2 Å². The van der Waals surface area contributed by atoms with E-state index in [-0.39, 0.29) is 0 Å². The van der Waals surface area contributed by atoms with Crippen molar-refractivity contribution < 1.29 is 4.74 Å². The van der Waals surface area contributed by atoms with Crippen molar-refractivity contribution in [1.82, 2.24) is 14.9 Å². The lowest BCUT2D eigenvalue weighted by Crippen LogP contribution is -1.96. The van der Waals surface area contributed by atoms with Crippen LogP contribution < -0.4 is 4.74 Å². The van der Waals surface area contributed by atoms with E-state index < -0.39 is 0 Å². The highest BCUT2D eigenvalue weighted by Gasteiger charge is 2.08. The zero-order valence-corrected chi connectivity index (χ0v) is 15.1. The molecule has 0 amide bonds. The van der Waals surface area contributed by atoms with Crippen molar-refractivity contribution in [3.8, 4) is 5.75 Å². The van der Waals surface area contributed by atoms with Crippen LogP contribution in [-0.4, -0.2) is 34.5 Å². The van der Waals surface area contributed by atoms with Gasteiger partial charge in [0, 0.05) is 0 Å². The second-order valence-electron chi connectivity index (χ2n) is 3.81. The van der Waals surface area contributed by atoms with Crippen molar-refractivity contribution in [1.29, 1.82) is 0 Å². The number of ether oxygens (including phenoxy) is 1. The Kier molecular flexibility index (Phi) is 5.22. The predicted molar refractivity (Wildman–Crippen MR) is 87.9 cm³/mol. The Morgan fingerprint density at radius 1 is 1.30 bits per heavy atom. The molecule has 1 heterocycles. The number of thioether (sulfide) groups is 1. The van der Waals surface area contributed by atoms with E-state index in [1.807, 2.05) is 25.3 Å². The summed E-state index contributed by atoms with van der Waals surface area (Å²) in [6, 6.07) is 3.87. The molecule has 20 heavy (non-hydrogen) atoms. The highest BCUT2D eigenvalue weighted by atomic mass is 79.9. The average molecular weight is 420 g/mol. The number of aromatic nitrogens is 3. The Morgan fingerprint density at radius 2 is 1.95 bits per heavy atom. The van der Waals surface area contributed by atoms with Gasteiger partial charge in [-0.25, -0.2) is 0 Å². The highest BCUT2D eigenvalue weighted by molar-refractivity contribution is 9.11. The van der Waals surface area contributed by atoms with Crippen LogP contribution in [0.2, 0.25) is 0 Å². The molecule has 0 aliphatic rings. The fourth-order valence-corrected chi connectivity index (χ4v) is 3.59. The number of aryl methyl sites for hydroxylation is 1. The van der Waals surface area contributed by atoms with Gasteiger partial charge in [0.2, 0.25) is 5.16 Å². The molecule has 0 aliphatic heterocycles. The second kappa shape index (κ2) is 6.73. The van der Waals surface area contributed by atoms with Crippen LogP contribution in [0.3, 0.4) is 0 Å². The Bertz CT molecular complexity index is 634. The van der Waals surface area contributed by atoms with E-state index in [1.165, 1.54) is 11.8 Å². The number of halogens is 2. The molecule has 0 bridgehead atoms.